The summed E-state index contributed by atoms with van der Waals surface area (Å²) >= 11 is 0. The van der Waals surface area contributed by atoms with Gasteiger partial charge in [-0.05, 0) is 26.7 Å². The molecule has 0 bridgehead atoms. The second-order valence-corrected chi connectivity index (χ2v) is 4.91. The Morgan fingerprint density at radius 3 is 2.24 bits per heavy atom. The molecule has 5 heteroatoms. The van der Waals surface area contributed by atoms with E-state index in [9.17, 15) is 14.0 Å². The Morgan fingerprint density at radius 1 is 1.24 bits per heavy atom. The van der Waals surface area contributed by atoms with Crippen molar-refractivity contribution in [2.24, 2.45) is 0 Å². The molecule has 2 atom stereocenters. The normalized spacial score (nSPS) is 33.8. The molecule has 1 saturated heterocycles. The minimum absolute atomic E-state index is 0.0216. The minimum Gasteiger partial charge on any atom is -0.340 e. The lowest BCUT2D eigenvalue weighted by atomic mass is 9.84. The summed E-state index contributed by atoms with van der Waals surface area (Å²) in [5, 5.41) is 2.77. The first kappa shape index (κ1) is 13.9. The van der Waals surface area contributed by atoms with Crippen LogP contribution >= 0.6 is 0 Å². The topological polar surface area (TPSA) is 49.4 Å². The van der Waals surface area contributed by atoms with E-state index in [-0.39, 0.29) is 18.4 Å². The number of carbonyl (C=O) groups excluding carboxylic acids is 2. The molecule has 0 aromatic heterocycles. The van der Waals surface area contributed by atoms with Gasteiger partial charge in [-0.2, -0.15) is 0 Å². The maximum atomic E-state index is 12.6. The van der Waals surface area contributed by atoms with Crippen LogP contribution < -0.4 is 5.32 Å². The van der Waals surface area contributed by atoms with Crippen LogP contribution in [0.3, 0.4) is 0 Å². The number of alkyl halides is 1. The molecule has 0 aromatic rings. The van der Waals surface area contributed by atoms with Crippen molar-refractivity contribution in [1.82, 2.24) is 10.2 Å². The van der Waals surface area contributed by atoms with Gasteiger partial charge in [-0.15, -0.1) is 0 Å². The Balaban J connectivity index is 3.15. The summed E-state index contributed by atoms with van der Waals surface area (Å²) in [5.41, 5.74) is -1.83. The highest BCUT2D eigenvalue weighted by Crippen LogP contribution is 2.30. The van der Waals surface area contributed by atoms with Crippen LogP contribution in [0.2, 0.25) is 0 Å². The second-order valence-electron chi connectivity index (χ2n) is 4.91. The molecule has 98 valence electrons. The fraction of sp³-hybridized carbons (Fsp3) is 0.833. The lowest BCUT2D eigenvalue weighted by Gasteiger charge is -2.49. The molecule has 1 aliphatic rings. The van der Waals surface area contributed by atoms with Gasteiger partial charge in [0.1, 0.15) is 17.8 Å². The fourth-order valence-corrected chi connectivity index (χ4v) is 2.11. The van der Waals surface area contributed by atoms with Gasteiger partial charge in [0.25, 0.3) is 0 Å². The molecule has 0 saturated carbocycles. The number of halogens is 1. The van der Waals surface area contributed by atoms with Gasteiger partial charge in [-0.1, -0.05) is 13.8 Å². The number of hydrogen-bond acceptors (Lipinski definition) is 2. The standard InChI is InChI=1S/C12H21FN2O2/c1-5-11(3)10(17)15(8-7-13)12(4,6-2)9(16)14-11/h5-8H2,1-4H3,(H,14,16). The lowest BCUT2D eigenvalue weighted by molar-refractivity contribution is -0.162. The summed E-state index contributed by atoms with van der Waals surface area (Å²) in [6.07, 6.45) is 0.977. The molecule has 0 radical (unpaired) electrons. The van der Waals surface area contributed by atoms with E-state index in [1.165, 1.54) is 4.90 Å². The molecule has 0 aromatic carbocycles. The highest BCUT2D eigenvalue weighted by molar-refractivity contribution is 6.01. The van der Waals surface area contributed by atoms with Crippen molar-refractivity contribution in [3.05, 3.63) is 0 Å². The van der Waals surface area contributed by atoms with Crippen LogP contribution in [-0.4, -0.2) is 41.0 Å². The van der Waals surface area contributed by atoms with Gasteiger partial charge < -0.3 is 10.2 Å². The molecule has 1 fully saturated rings. The van der Waals surface area contributed by atoms with Crippen molar-refractivity contribution in [3.63, 3.8) is 0 Å². The van der Waals surface area contributed by atoms with Crippen molar-refractivity contribution in [2.75, 3.05) is 13.2 Å². The van der Waals surface area contributed by atoms with Crippen molar-refractivity contribution in [3.8, 4) is 0 Å². The van der Waals surface area contributed by atoms with Crippen molar-refractivity contribution in [1.29, 1.82) is 0 Å². The minimum atomic E-state index is -0.933. The predicted octanol–water partition coefficient (Wildman–Crippen LogP) is 1.25. The Bertz CT molecular complexity index is 334. The summed E-state index contributed by atoms with van der Waals surface area (Å²) in [7, 11) is 0. The first-order valence-electron chi connectivity index (χ1n) is 6.06. The predicted molar refractivity (Wildman–Crippen MR) is 63.2 cm³/mol. The molecule has 0 aliphatic carbocycles. The first-order chi connectivity index (χ1) is 7.85. The van der Waals surface area contributed by atoms with Gasteiger partial charge in [-0.3, -0.25) is 9.59 Å². The van der Waals surface area contributed by atoms with Crippen LogP contribution in [0.4, 0.5) is 4.39 Å². The molecular formula is C12H21FN2O2. The van der Waals surface area contributed by atoms with Gasteiger partial charge in [-0.25, -0.2) is 4.39 Å². The Morgan fingerprint density at radius 2 is 1.82 bits per heavy atom. The molecule has 0 spiro atoms. The van der Waals surface area contributed by atoms with Gasteiger partial charge in [0.2, 0.25) is 11.8 Å². The zero-order chi connectivity index (χ0) is 13.3. The Hall–Kier alpha value is -1.13. The molecule has 1 N–H and O–H groups in total. The fourth-order valence-electron chi connectivity index (χ4n) is 2.11. The zero-order valence-corrected chi connectivity index (χ0v) is 11.0. The maximum Gasteiger partial charge on any atom is 0.249 e. The number of rotatable bonds is 4. The average molecular weight is 244 g/mol. The second kappa shape index (κ2) is 4.63. The third kappa shape index (κ3) is 2.03. The van der Waals surface area contributed by atoms with Gasteiger partial charge in [0.15, 0.2) is 0 Å². The zero-order valence-electron chi connectivity index (χ0n) is 11.0. The van der Waals surface area contributed by atoms with E-state index >= 15 is 0 Å². The molecule has 1 rings (SSSR count). The smallest absolute Gasteiger partial charge is 0.249 e. The molecule has 17 heavy (non-hydrogen) atoms. The number of piperazine rings is 1. The molecular weight excluding hydrogens is 223 g/mol. The van der Waals surface area contributed by atoms with Gasteiger partial charge in [0.05, 0.1) is 6.54 Å². The summed E-state index contributed by atoms with van der Waals surface area (Å²) in [6.45, 7) is 6.38. The van der Waals surface area contributed by atoms with Gasteiger partial charge in [0, 0.05) is 0 Å². The van der Waals surface area contributed by atoms with E-state index in [1.54, 1.807) is 13.8 Å². The van der Waals surface area contributed by atoms with Gasteiger partial charge >= 0.3 is 0 Å². The number of amides is 2. The summed E-state index contributed by atoms with van der Waals surface area (Å²) in [4.78, 5) is 25.8. The SMILES string of the molecule is CCC1(C)NC(=O)C(C)(CC)N(CCF)C1=O. The van der Waals surface area contributed by atoms with Crippen molar-refractivity contribution >= 4 is 11.8 Å². The van der Waals surface area contributed by atoms with E-state index in [0.717, 1.165) is 0 Å². The average Bonchev–Trinajstić information content (AvgIpc) is 2.32. The molecule has 4 nitrogen and oxygen atoms in total. The number of nitrogens with one attached hydrogen (secondary N) is 1. The number of carbonyl (C=O) groups is 2. The molecule has 2 amide bonds. The van der Waals surface area contributed by atoms with E-state index in [4.69, 9.17) is 0 Å². The summed E-state index contributed by atoms with van der Waals surface area (Å²) in [6, 6.07) is 0. The Kier molecular flexibility index (Phi) is 3.79. The van der Waals surface area contributed by atoms with Crippen LogP contribution in [0.15, 0.2) is 0 Å². The summed E-state index contributed by atoms with van der Waals surface area (Å²) in [5.74, 6) is -0.390. The van der Waals surface area contributed by atoms with Crippen molar-refractivity contribution < 1.29 is 14.0 Å². The molecule has 1 heterocycles. The molecule has 1 aliphatic heterocycles. The first-order valence-corrected chi connectivity index (χ1v) is 6.06. The Labute approximate surface area is 102 Å². The maximum absolute atomic E-state index is 12.6. The van der Waals surface area contributed by atoms with Crippen LogP contribution in [-0.2, 0) is 9.59 Å². The lowest BCUT2D eigenvalue weighted by Crippen LogP contribution is -2.74. The van der Waals surface area contributed by atoms with E-state index in [1.807, 2.05) is 13.8 Å². The van der Waals surface area contributed by atoms with Crippen LogP contribution in [0.25, 0.3) is 0 Å². The van der Waals surface area contributed by atoms with E-state index < -0.39 is 17.8 Å². The van der Waals surface area contributed by atoms with Crippen LogP contribution in [0.1, 0.15) is 40.5 Å². The summed E-state index contributed by atoms with van der Waals surface area (Å²) < 4.78 is 12.6. The van der Waals surface area contributed by atoms with Crippen molar-refractivity contribution in [2.45, 2.75) is 51.6 Å². The number of nitrogens with zero attached hydrogens (tertiary/aromatic N) is 1. The van der Waals surface area contributed by atoms with Crippen LogP contribution in [0.5, 0.6) is 0 Å². The van der Waals surface area contributed by atoms with E-state index in [2.05, 4.69) is 5.32 Å². The third-order valence-electron chi connectivity index (χ3n) is 3.90. The monoisotopic (exact) mass is 244 g/mol. The quantitative estimate of drug-likeness (QED) is 0.809. The number of hydrogen-bond donors (Lipinski definition) is 1. The van der Waals surface area contributed by atoms with Crippen LogP contribution in [0, 0.1) is 0 Å². The molecule has 2 unspecified atom stereocenters. The highest BCUT2D eigenvalue weighted by Gasteiger charge is 2.52. The highest BCUT2D eigenvalue weighted by atomic mass is 19.1. The largest absolute Gasteiger partial charge is 0.340 e. The third-order valence-corrected chi connectivity index (χ3v) is 3.90. The van der Waals surface area contributed by atoms with E-state index in [0.29, 0.717) is 12.8 Å².